The summed E-state index contributed by atoms with van der Waals surface area (Å²) in [6, 6.07) is -0.612. The van der Waals surface area contributed by atoms with Crippen LogP contribution in [0.4, 0.5) is 38.0 Å². The fourth-order valence-corrected chi connectivity index (χ4v) is 3.88. The number of piperidine rings is 1. The van der Waals surface area contributed by atoms with Crippen molar-refractivity contribution in [1.82, 2.24) is 30.3 Å². The molecule has 0 saturated carbocycles. The van der Waals surface area contributed by atoms with Crippen LogP contribution in [0.1, 0.15) is 48.5 Å². The van der Waals surface area contributed by atoms with Gasteiger partial charge in [0.05, 0.1) is 24.1 Å². The Hall–Kier alpha value is -3.76. The third-order valence-corrected chi connectivity index (χ3v) is 5.73. The summed E-state index contributed by atoms with van der Waals surface area (Å²) >= 11 is 0. The molecule has 0 aromatic carbocycles. The monoisotopic (exact) mass is 548 g/mol. The molecule has 4 heterocycles. The molecule has 4 rings (SSSR count). The average Bonchev–Trinajstić information content (AvgIpc) is 3.32. The first-order valence-electron chi connectivity index (χ1n) is 11.4. The Kier molecular flexibility index (Phi) is 7.84. The van der Waals surface area contributed by atoms with Crippen LogP contribution in [0.3, 0.4) is 0 Å². The van der Waals surface area contributed by atoms with E-state index in [0.717, 1.165) is 18.6 Å². The van der Waals surface area contributed by atoms with Gasteiger partial charge in [-0.15, -0.1) is 0 Å². The number of hydrogen-bond donors (Lipinski definition) is 2. The maximum absolute atomic E-state index is 13.2. The number of rotatable bonds is 8. The minimum atomic E-state index is -4.86. The molecule has 1 unspecified atom stereocenters. The van der Waals surface area contributed by atoms with Gasteiger partial charge in [0.1, 0.15) is 12.2 Å². The van der Waals surface area contributed by atoms with Crippen molar-refractivity contribution in [3.8, 4) is 0 Å². The summed E-state index contributed by atoms with van der Waals surface area (Å²) in [7, 11) is 0. The Bertz CT molecular complexity index is 1270. The molecular weight excluding hydrogens is 526 g/mol. The Labute approximate surface area is 210 Å². The van der Waals surface area contributed by atoms with E-state index < -0.39 is 40.8 Å². The van der Waals surface area contributed by atoms with Crippen LogP contribution in [0.15, 0.2) is 27.9 Å². The SMILES string of the molecule is CC(COCc1nc(C2CCN(c3ncc(C(F)(F)F)cn3)CC2)no1)Nc1cn[nH]c(=O)c1C(F)(F)F. The lowest BCUT2D eigenvalue weighted by Gasteiger charge is -2.30. The van der Waals surface area contributed by atoms with Crippen LogP contribution < -0.4 is 15.8 Å². The van der Waals surface area contributed by atoms with Crippen LogP contribution in [-0.2, 0) is 23.7 Å². The normalized spacial score (nSPS) is 16.0. The quantitative estimate of drug-likeness (QED) is 0.404. The van der Waals surface area contributed by atoms with Crippen LogP contribution in [-0.4, -0.2) is 56.0 Å². The van der Waals surface area contributed by atoms with Gasteiger partial charge in [-0.25, -0.2) is 15.1 Å². The van der Waals surface area contributed by atoms with Crippen LogP contribution in [0, 0.1) is 0 Å². The highest BCUT2D eigenvalue weighted by Crippen LogP contribution is 2.32. The van der Waals surface area contributed by atoms with Gasteiger partial charge in [-0.3, -0.25) is 4.79 Å². The molecule has 2 N–H and O–H groups in total. The second-order valence-electron chi connectivity index (χ2n) is 8.62. The maximum Gasteiger partial charge on any atom is 0.423 e. The summed E-state index contributed by atoms with van der Waals surface area (Å²) in [5, 5.41) is 11.7. The lowest BCUT2D eigenvalue weighted by Crippen LogP contribution is -2.34. The average molecular weight is 548 g/mol. The van der Waals surface area contributed by atoms with Crippen molar-refractivity contribution in [2.45, 2.75) is 50.7 Å². The van der Waals surface area contributed by atoms with Gasteiger partial charge in [-0.2, -0.15) is 36.4 Å². The highest BCUT2D eigenvalue weighted by molar-refractivity contribution is 5.50. The lowest BCUT2D eigenvalue weighted by molar-refractivity contribution is -0.139. The number of halogens is 6. The minimum absolute atomic E-state index is 0.0344. The van der Waals surface area contributed by atoms with E-state index in [1.54, 1.807) is 16.9 Å². The summed E-state index contributed by atoms with van der Waals surface area (Å²) in [5.74, 6) is 0.782. The Morgan fingerprint density at radius 2 is 1.82 bits per heavy atom. The summed E-state index contributed by atoms with van der Waals surface area (Å²) in [5.41, 5.74) is -4.12. The number of hydrogen-bond acceptors (Lipinski definition) is 10. The van der Waals surface area contributed by atoms with E-state index in [1.807, 2.05) is 0 Å². The van der Waals surface area contributed by atoms with Gasteiger partial charge in [0.2, 0.25) is 5.95 Å². The van der Waals surface area contributed by atoms with Crippen molar-refractivity contribution in [1.29, 1.82) is 0 Å². The lowest BCUT2D eigenvalue weighted by atomic mass is 9.96. The molecule has 1 atom stereocenters. The first-order chi connectivity index (χ1) is 17.9. The molecule has 0 aliphatic carbocycles. The first-order valence-corrected chi connectivity index (χ1v) is 11.4. The van der Waals surface area contributed by atoms with E-state index in [-0.39, 0.29) is 31.0 Å². The molecule has 206 valence electrons. The number of aromatic amines is 1. The Morgan fingerprint density at radius 1 is 1.13 bits per heavy atom. The molecule has 1 fully saturated rings. The number of nitrogens with zero attached hydrogens (tertiary/aromatic N) is 6. The number of aromatic nitrogens is 6. The second kappa shape index (κ2) is 10.9. The maximum atomic E-state index is 13.2. The van der Waals surface area contributed by atoms with E-state index >= 15 is 0 Å². The summed E-state index contributed by atoms with van der Waals surface area (Å²) in [4.78, 5) is 25.3. The fraction of sp³-hybridized carbons (Fsp3) is 0.524. The molecule has 38 heavy (non-hydrogen) atoms. The van der Waals surface area contributed by atoms with E-state index in [9.17, 15) is 31.1 Å². The number of ether oxygens (including phenoxy) is 1. The van der Waals surface area contributed by atoms with Crippen molar-refractivity contribution in [2.24, 2.45) is 0 Å². The third-order valence-electron chi connectivity index (χ3n) is 5.73. The zero-order valence-corrected chi connectivity index (χ0v) is 19.8. The fourth-order valence-electron chi connectivity index (χ4n) is 3.88. The van der Waals surface area contributed by atoms with Crippen molar-refractivity contribution in [2.75, 3.05) is 29.9 Å². The van der Waals surface area contributed by atoms with Crippen molar-refractivity contribution in [3.05, 3.63) is 51.8 Å². The van der Waals surface area contributed by atoms with Crippen molar-refractivity contribution < 1.29 is 35.6 Å². The minimum Gasteiger partial charge on any atom is -0.378 e. The Morgan fingerprint density at radius 3 is 2.45 bits per heavy atom. The Balaban J connectivity index is 1.25. The van der Waals surface area contributed by atoms with Gasteiger partial charge in [0.25, 0.3) is 11.4 Å². The van der Waals surface area contributed by atoms with Crippen LogP contribution in [0.2, 0.25) is 0 Å². The molecular formula is C21H22F6N8O3. The topological polar surface area (TPSA) is 135 Å². The smallest absolute Gasteiger partial charge is 0.378 e. The predicted molar refractivity (Wildman–Crippen MR) is 118 cm³/mol. The van der Waals surface area contributed by atoms with Gasteiger partial charge in [0, 0.05) is 37.4 Å². The summed E-state index contributed by atoms with van der Waals surface area (Å²) in [6.45, 7) is 2.41. The van der Waals surface area contributed by atoms with Gasteiger partial charge >= 0.3 is 12.4 Å². The van der Waals surface area contributed by atoms with Gasteiger partial charge in [-0.1, -0.05) is 5.16 Å². The zero-order valence-electron chi connectivity index (χ0n) is 19.8. The zero-order chi connectivity index (χ0) is 27.5. The van der Waals surface area contributed by atoms with Gasteiger partial charge < -0.3 is 19.5 Å². The van der Waals surface area contributed by atoms with Crippen LogP contribution >= 0.6 is 0 Å². The first kappa shape index (κ1) is 27.3. The third kappa shape index (κ3) is 6.56. The molecule has 0 bridgehead atoms. The van der Waals surface area contributed by atoms with E-state index in [2.05, 4.69) is 30.5 Å². The standard InChI is InChI=1S/C21H22F6N8O3/c1-11(31-14-8-30-33-18(36)16(14)21(25,26)27)9-37-10-15-32-17(34-38-15)12-2-4-35(5-3-12)19-28-6-13(7-29-19)20(22,23)24/h6-8,11-12H,2-5,9-10H2,1H3,(H2,31,33,36). The van der Waals surface area contributed by atoms with Crippen molar-refractivity contribution in [3.63, 3.8) is 0 Å². The predicted octanol–water partition coefficient (Wildman–Crippen LogP) is 3.38. The van der Waals surface area contributed by atoms with Gasteiger partial charge in [-0.05, 0) is 19.8 Å². The molecule has 0 amide bonds. The largest absolute Gasteiger partial charge is 0.423 e. The molecule has 1 saturated heterocycles. The number of nitrogens with one attached hydrogen (secondary N) is 2. The molecule has 17 heteroatoms. The summed E-state index contributed by atoms with van der Waals surface area (Å²) in [6.07, 6.45) is -5.80. The highest BCUT2D eigenvalue weighted by atomic mass is 19.4. The molecule has 0 spiro atoms. The van der Waals surface area contributed by atoms with Crippen molar-refractivity contribution >= 4 is 11.6 Å². The van der Waals surface area contributed by atoms with E-state index in [4.69, 9.17) is 9.26 Å². The highest BCUT2D eigenvalue weighted by Gasteiger charge is 2.37. The van der Waals surface area contributed by atoms with Crippen LogP contribution in [0.5, 0.6) is 0 Å². The van der Waals surface area contributed by atoms with E-state index in [0.29, 0.717) is 31.8 Å². The van der Waals surface area contributed by atoms with Crippen LogP contribution in [0.25, 0.3) is 0 Å². The number of H-pyrrole nitrogens is 1. The van der Waals surface area contributed by atoms with Gasteiger partial charge in [0.15, 0.2) is 5.82 Å². The number of alkyl halides is 6. The molecule has 0 radical (unpaired) electrons. The summed E-state index contributed by atoms with van der Waals surface area (Å²) < 4.78 is 88.2. The molecule has 3 aromatic rings. The molecule has 1 aliphatic heterocycles. The molecule has 3 aromatic heterocycles. The molecule has 11 nitrogen and oxygen atoms in total. The number of anilines is 2. The van der Waals surface area contributed by atoms with E-state index in [1.165, 1.54) is 0 Å². The second-order valence-corrected chi connectivity index (χ2v) is 8.62. The molecule has 1 aliphatic rings.